The Bertz CT molecular complexity index is 1340. The Labute approximate surface area is 194 Å². The minimum absolute atomic E-state index is 0.161. The largest absolute Gasteiger partial charge is 0.478 e. The summed E-state index contributed by atoms with van der Waals surface area (Å²) in [5.74, 6) is -0.389. The summed E-state index contributed by atoms with van der Waals surface area (Å²) in [5.41, 5.74) is 1.84. The zero-order chi connectivity index (χ0) is 22.9. The molecule has 5 rings (SSSR count). The van der Waals surface area contributed by atoms with Gasteiger partial charge >= 0.3 is 5.97 Å². The summed E-state index contributed by atoms with van der Waals surface area (Å²) in [6.45, 7) is 0. The number of pyridine rings is 1. The molecule has 0 unspecified atom stereocenters. The van der Waals surface area contributed by atoms with Gasteiger partial charge in [0.15, 0.2) is 5.11 Å². The summed E-state index contributed by atoms with van der Waals surface area (Å²) >= 11 is 5.60. The molecule has 0 saturated carbocycles. The Morgan fingerprint density at radius 1 is 1.06 bits per heavy atom. The lowest BCUT2D eigenvalue weighted by molar-refractivity contribution is 0.0697. The van der Waals surface area contributed by atoms with E-state index >= 15 is 0 Å². The van der Waals surface area contributed by atoms with Crippen molar-refractivity contribution in [3.05, 3.63) is 108 Å². The number of benzene rings is 2. The molecule has 1 aliphatic rings. The van der Waals surface area contributed by atoms with E-state index in [4.69, 9.17) is 16.6 Å². The molecule has 164 valence electrons. The van der Waals surface area contributed by atoms with Gasteiger partial charge in [-0.3, -0.25) is 4.98 Å². The first-order valence-corrected chi connectivity index (χ1v) is 10.6. The third-order valence-electron chi connectivity index (χ3n) is 5.52. The van der Waals surface area contributed by atoms with Crippen LogP contribution in [0.3, 0.4) is 0 Å². The van der Waals surface area contributed by atoms with E-state index in [-0.39, 0.29) is 11.6 Å². The van der Waals surface area contributed by atoms with Crippen molar-refractivity contribution in [3.8, 4) is 11.3 Å². The fourth-order valence-corrected chi connectivity index (χ4v) is 4.36. The number of aromatic carboxylic acids is 1. The molecule has 1 fully saturated rings. The molecule has 0 bridgehead atoms. The molecular formula is C25H18FN3O3S. The van der Waals surface area contributed by atoms with Crippen LogP contribution in [0.15, 0.2) is 89.5 Å². The molecule has 8 heteroatoms. The van der Waals surface area contributed by atoms with Crippen LogP contribution in [0, 0.1) is 5.82 Å². The average molecular weight is 460 g/mol. The Kier molecular flexibility index (Phi) is 5.35. The van der Waals surface area contributed by atoms with Crippen LogP contribution in [0.2, 0.25) is 0 Å². The molecule has 4 aromatic rings. The fourth-order valence-electron chi connectivity index (χ4n) is 4.02. The highest BCUT2D eigenvalue weighted by atomic mass is 32.1. The van der Waals surface area contributed by atoms with E-state index < -0.39 is 17.8 Å². The monoisotopic (exact) mass is 459 g/mol. The number of anilines is 1. The molecule has 0 radical (unpaired) electrons. The number of hydrogen-bond acceptors (Lipinski definition) is 4. The SMILES string of the molecule is O=C(O)c1cccc(-c2ccc([C@H]3[C@H](c4ccccn4)NC(=S)N3c3ccccc3F)o2)c1. The smallest absolute Gasteiger partial charge is 0.335 e. The predicted octanol–water partition coefficient (Wildman–Crippen LogP) is 5.36. The van der Waals surface area contributed by atoms with Crippen LogP contribution in [0.1, 0.15) is 33.9 Å². The lowest BCUT2D eigenvalue weighted by Crippen LogP contribution is -2.30. The Hall–Kier alpha value is -4.04. The number of rotatable bonds is 5. The van der Waals surface area contributed by atoms with Gasteiger partial charge in [-0.25, -0.2) is 9.18 Å². The molecule has 2 aromatic carbocycles. The number of carboxylic acids is 1. The third kappa shape index (κ3) is 3.85. The van der Waals surface area contributed by atoms with Gasteiger partial charge in [0.1, 0.15) is 23.4 Å². The van der Waals surface area contributed by atoms with E-state index in [0.29, 0.717) is 27.9 Å². The number of thiocarbonyl (C=S) groups is 1. The van der Waals surface area contributed by atoms with Crippen molar-refractivity contribution in [2.75, 3.05) is 4.90 Å². The molecule has 33 heavy (non-hydrogen) atoms. The first kappa shape index (κ1) is 20.8. The van der Waals surface area contributed by atoms with Gasteiger partial charge in [0.25, 0.3) is 0 Å². The molecule has 3 heterocycles. The Morgan fingerprint density at radius 3 is 2.64 bits per heavy atom. The van der Waals surface area contributed by atoms with Gasteiger partial charge in [-0.05, 0) is 60.7 Å². The van der Waals surface area contributed by atoms with E-state index in [2.05, 4.69) is 10.3 Å². The number of nitrogens with one attached hydrogen (secondary N) is 1. The van der Waals surface area contributed by atoms with Crippen molar-refractivity contribution >= 4 is 29.0 Å². The molecule has 1 aliphatic heterocycles. The maximum atomic E-state index is 14.8. The lowest BCUT2D eigenvalue weighted by atomic mass is 10.0. The Balaban J connectivity index is 1.60. The summed E-state index contributed by atoms with van der Waals surface area (Å²) < 4.78 is 21.0. The number of carboxylic acid groups (broad SMARTS) is 1. The van der Waals surface area contributed by atoms with Crippen LogP contribution in [0.5, 0.6) is 0 Å². The number of aromatic nitrogens is 1. The van der Waals surface area contributed by atoms with Crippen LogP contribution in [-0.4, -0.2) is 21.2 Å². The first-order valence-electron chi connectivity index (χ1n) is 10.2. The quantitative estimate of drug-likeness (QED) is 0.389. The molecular weight excluding hydrogens is 441 g/mol. The zero-order valence-corrected chi connectivity index (χ0v) is 18.0. The molecule has 0 aliphatic carbocycles. The van der Waals surface area contributed by atoms with Crippen LogP contribution < -0.4 is 10.2 Å². The maximum Gasteiger partial charge on any atom is 0.335 e. The van der Waals surface area contributed by atoms with Crippen LogP contribution in [0.25, 0.3) is 11.3 Å². The highest BCUT2D eigenvalue weighted by Gasteiger charge is 2.43. The molecule has 0 spiro atoms. The van der Waals surface area contributed by atoms with E-state index in [1.807, 2.05) is 18.2 Å². The summed E-state index contributed by atoms with van der Waals surface area (Å²) in [6.07, 6.45) is 1.69. The highest BCUT2D eigenvalue weighted by Crippen LogP contribution is 2.43. The van der Waals surface area contributed by atoms with Crippen molar-refractivity contribution in [1.82, 2.24) is 10.3 Å². The minimum atomic E-state index is -1.02. The van der Waals surface area contributed by atoms with Gasteiger partial charge in [0, 0.05) is 11.8 Å². The summed E-state index contributed by atoms with van der Waals surface area (Å²) in [6, 6.07) is 21.2. The van der Waals surface area contributed by atoms with E-state index in [1.54, 1.807) is 59.6 Å². The number of para-hydroxylation sites is 1. The number of nitrogens with zero attached hydrogens (tertiary/aromatic N) is 2. The molecule has 2 aromatic heterocycles. The Morgan fingerprint density at radius 2 is 1.88 bits per heavy atom. The maximum absolute atomic E-state index is 14.8. The number of hydrogen-bond donors (Lipinski definition) is 2. The topological polar surface area (TPSA) is 78.6 Å². The summed E-state index contributed by atoms with van der Waals surface area (Å²) in [5, 5.41) is 12.9. The van der Waals surface area contributed by atoms with Crippen LogP contribution in [-0.2, 0) is 0 Å². The molecule has 6 nitrogen and oxygen atoms in total. The molecule has 2 N–H and O–H groups in total. The second-order valence-electron chi connectivity index (χ2n) is 7.54. The number of furan rings is 1. The normalized spacial score (nSPS) is 17.7. The van der Waals surface area contributed by atoms with Crippen LogP contribution >= 0.6 is 12.2 Å². The fraction of sp³-hybridized carbons (Fsp3) is 0.0800. The second-order valence-corrected chi connectivity index (χ2v) is 7.92. The van der Waals surface area contributed by atoms with Gasteiger partial charge in [0.2, 0.25) is 0 Å². The molecule has 1 saturated heterocycles. The van der Waals surface area contributed by atoms with Gasteiger partial charge in [-0.15, -0.1) is 0 Å². The first-order chi connectivity index (χ1) is 16.0. The minimum Gasteiger partial charge on any atom is -0.478 e. The van der Waals surface area contributed by atoms with Crippen molar-refractivity contribution in [3.63, 3.8) is 0 Å². The predicted molar refractivity (Wildman–Crippen MR) is 125 cm³/mol. The van der Waals surface area contributed by atoms with Gasteiger partial charge in [-0.1, -0.05) is 30.3 Å². The molecule has 0 amide bonds. The number of halogens is 1. The summed E-state index contributed by atoms with van der Waals surface area (Å²) in [7, 11) is 0. The van der Waals surface area contributed by atoms with Gasteiger partial charge < -0.3 is 19.7 Å². The molecule has 2 atom stereocenters. The summed E-state index contributed by atoms with van der Waals surface area (Å²) in [4.78, 5) is 17.5. The van der Waals surface area contributed by atoms with E-state index in [1.165, 1.54) is 12.1 Å². The van der Waals surface area contributed by atoms with Crippen molar-refractivity contribution in [2.45, 2.75) is 12.1 Å². The second kappa shape index (κ2) is 8.48. The lowest BCUT2D eigenvalue weighted by Gasteiger charge is -2.26. The average Bonchev–Trinajstić information content (AvgIpc) is 3.45. The van der Waals surface area contributed by atoms with Gasteiger partial charge in [-0.2, -0.15) is 0 Å². The number of carbonyl (C=O) groups is 1. The van der Waals surface area contributed by atoms with Crippen molar-refractivity contribution in [1.29, 1.82) is 0 Å². The zero-order valence-electron chi connectivity index (χ0n) is 17.2. The van der Waals surface area contributed by atoms with E-state index in [0.717, 1.165) is 5.69 Å². The van der Waals surface area contributed by atoms with Crippen molar-refractivity contribution in [2.24, 2.45) is 0 Å². The van der Waals surface area contributed by atoms with E-state index in [9.17, 15) is 14.3 Å². The van der Waals surface area contributed by atoms with Crippen LogP contribution in [0.4, 0.5) is 10.1 Å². The van der Waals surface area contributed by atoms with Gasteiger partial charge in [0.05, 0.1) is 23.0 Å². The third-order valence-corrected chi connectivity index (χ3v) is 5.84. The standard InChI is InChI=1S/C25H18FN3O3S/c26-17-8-1-2-10-19(17)29-23(22(28-25(29)33)18-9-3-4-13-27-18)21-12-11-20(32-21)15-6-5-7-16(14-15)24(30)31/h1-14,22-23H,(H,28,33)(H,30,31)/t22-,23-/m0/s1. The van der Waals surface area contributed by atoms with Crippen molar-refractivity contribution < 1.29 is 18.7 Å². The highest BCUT2D eigenvalue weighted by molar-refractivity contribution is 7.80.